The molecule has 3 rings (SSSR count). The number of hydrogen-bond donors (Lipinski definition) is 1. The summed E-state index contributed by atoms with van der Waals surface area (Å²) >= 11 is 0. The van der Waals surface area contributed by atoms with Crippen molar-refractivity contribution in [3.05, 3.63) is 77.5 Å². The van der Waals surface area contributed by atoms with E-state index in [2.05, 4.69) is 72.7 Å². The predicted molar refractivity (Wildman–Crippen MR) is 88.2 cm³/mol. The first-order valence-electron chi connectivity index (χ1n) is 7.36. The highest BCUT2D eigenvalue weighted by molar-refractivity contribution is 5.81. The Kier molecular flexibility index (Phi) is 3.98. The van der Waals surface area contributed by atoms with E-state index in [1.54, 1.807) is 0 Å². The van der Waals surface area contributed by atoms with Crippen LogP contribution in [0.3, 0.4) is 0 Å². The smallest absolute Gasteiger partial charge is 0.0705 e. The fourth-order valence-electron chi connectivity index (χ4n) is 2.63. The van der Waals surface area contributed by atoms with E-state index < -0.39 is 0 Å². The van der Waals surface area contributed by atoms with Crippen LogP contribution in [-0.2, 0) is 6.54 Å². The van der Waals surface area contributed by atoms with Gasteiger partial charge in [-0.3, -0.25) is 4.98 Å². The second-order valence-corrected chi connectivity index (χ2v) is 5.50. The molecule has 0 amide bonds. The lowest BCUT2D eigenvalue weighted by Crippen LogP contribution is -2.18. The summed E-state index contributed by atoms with van der Waals surface area (Å²) in [6.45, 7) is 5.18. The van der Waals surface area contributed by atoms with Gasteiger partial charge < -0.3 is 5.32 Å². The van der Waals surface area contributed by atoms with E-state index in [-0.39, 0.29) is 0 Å². The van der Waals surface area contributed by atoms with Crippen LogP contribution in [0.25, 0.3) is 10.9 Å². The molecule has 0 bridgehead atoms. The molecule has 0 spiro atoms. The molecule has 1 atom stereocenters. The first kappa shape index (κ1) is 13.8. The quantitative estimate of drug-likeness (QED) is 0.764. The van der Waals surface area contributed by atoms with Gasteiger partial charge in [0.05, 0.1) is 5.52 Å². The van der Waals surface area contributed by atoms with Crippen molar-refractivity contribution in [2.45, 2.75) is 26.4 Å². The lowest BCUT2D eigenvalue weighted by molar-refractivity contribution is 0.576. The molecule has 0 aliphatic rings. The van der Waals surface area contributed by atoms with Crippen LogP contribution in [0, 0.1) is 6.92 Å². The Balaban J connectivity index is 1.77. The fraction of sp³-hybridized carbons (Fsp3) is 0.211. The van der Waals surface area contributed by atoms with Crippen molar-refractivity contribution < 1.29 is 0 Å². The van der Waals surface area contributed by atoms with Crippen LogP contribution in [0.4, 0.5) is 0 Å². The van der Waals surface area contributed by atoms with Crippen LogP contribution in [-0.4, -0.2) is 4.98 Å². The topological polar surface area (TPSA) is 24.9 Å². The first-order chi connectivity index (χ1) is 10.2. The molecular weight excluding hydrogens is 256 g/mol. The van der Waals surface area contributed by atoms with E-state index in [1.165, 1.54) is 22.1 Å². The van der Waals surface area contributed by atoms with Crippen LogP contribution in [0.15, 0.2) is 60.8 Å². The standard InChI is InChI=1S/C19H20N2/c1-14-6-5-7-16(12-14)15(2)21-13-17-10-11-20-19-9-4-3-8-18(17)19/h3-12,15,21H,13H2,1-2H3/t15-/m0/s1. The Hall–Kier alpha value is -2.19. The number of aromatic nitrogens is 1. The minimum Gasteiger partial charge on any atom is -0.306 e. The van der Waals surface area contributed by atoms with Gasteiger partial charge in [0.2, 0.25) is 0 Å². The van der Waals surface area contributed by atoms with Gasteiger partial charge in [-0.1, -0.05) is 48.0 Å². The Morgan fingerprint density at radius 3 is 2.76 bits per heavy atom. The molecule has 0 fully saturated rings. The van der Waals surface area contributed by atoms with Gasteiger partial charge in [-0.25, -0.2) is 0 Å². The summed E-state index contributed by atoms with van der Waals surface area (Å²) in [7, 11) is 0. The van der Waals surface area contributed by atoms with Crippen molar-refractivity contribution in [1.29, 1.82) is 0 Å². The number of pyridine rings is 1. The summed E-state index contributed by atoms with van der Waals surface area (Å²) in [5.74, 6) is 0. The largest absolute Gasteiger partial charge is 0.306 e. The molecule has 106 valence electrons. The highest BCUT2D eigenvalue weighted by atomic mass is 14.9. The summed E-state index contributed by atoms with van der Waals surface area (Å²) in [5, 5.41) is 4.83. The zero-order chi connectivity index (χ0) is 14.7. The average molecular weight is 276 g/mol. The van der Waals surface area contributed by atoms with Gasteiger partial charge in [0, 0.05) is 24.2 Å². The molecule has 1 aromatic heterocycles. The maximum atomic E-state index is 4.41. The van der Waals surface area contributed by atoms with Crippen molar-refractivity contribution in [3.8, 4) is 0 Å². The molecule has 0 saturated heterocycles. The summed E-state index contributed by atoms with van der Waals surface area (Å²) in [6, 6.07) is 19.4. The molecular formula is C19H20N2. The van der Waals surface area contributed by atoms with E-state index in [4.69, 9.17) is 0 Å². The van der Waals surface area contributed by atoms with Crippen LogP contribution < -0.4 is 5.32 Å². The van der Waals surface area contributed by atoms with Crippen molar-refractivity contribution in [2.24, 2.45) is 0 Å². The van der Waals surface area contributed by atoms with Crippen LogP contribution in [0.5, 0.6) is 0 Å². The second kappa shape index (κ2) is 6.06. The zero-order valence-electron chi connectivity index (χ0n) is 12.5. The van der Waals surface area contributed by atoms with E-state index in [1.807, 2.05) is 12.3 Å². The molecule has 21 heavy (non-hydrogen) atoms. The molecule has 2 nitrogen and oxygen atoms in total. The molecule has 0 unspecified atom stereocenters. The van der Waals surface area contributed by atoms with Gasteiger partial charge in [-0.15, -0.1) is 0 Å². The number of hydrogen-bond acceptors (Lipinski definition) is 2. The number of nitrogens with zero attached hydrogens (tertiary/aromatic N) is 1. The minimum atomic E-state index is 0.330. The molecule has 1 N–H and O–H groups in total. The van der Waals surface area contributed by atoms with E-state index >= 15 is 0 Å². The Morgan fingerprint density at radius 2 is 1.90 bits per heavy atom. The van der Waals surface area contributed by atoms with Crippen molar-refractivity contribution in [3.63, 3.8) is 0 Å². The van der Waals surface area contributed by atoms with Gasteiger partial charge in [0.1, 0.15) is 0 Å². The summed E-state index contributed by atoms with van der Waals surface area (Å²) in [5.41, 5.74) is 4.98. The SMILES string of the molecule is Cc1cccc([C@H](C)NCc2ccnc3ccccc23)c1. The Morgan fingerprint density at radius 1 is 1.05 bits per heavy atom. The van der Waals surface area contributed by atoms with E-state index in [0.29, 0.717) is 6.04 Å². The van der Waals surface area contributed by atoms with Crippen molar-refractivity contribution >= 4 is 10.9 Å². The third-order valence-electron chi connectivity index (χ3n) is 3.88. The number of para-hydroxylation sites is 1. The molecule has 0 aliphatic carbocycles. The Labute approximate surface area is 125 Å². The van der Waals surface area contributed by atoms with Crippen molar-refractivity contribution in [1.82, 2.24) is 10.3 Å². The summed E-state index contributed by atoms with van der Waals surface area (Å²) < 4.78 is 0. The number of rotatable bonds is 4. The predicted octanol–water partition coefficient (Wildman–Crippen LogP) is 4.39. The fourth-order valence-corrected chi connectivity index (χ4v) is 2.63. The number of benzene rings is 2. The molecule has 2 heteroatoms. The second-order valence-electron chi connectivity index (χ2n) is 5.50. The maximum Gasteiger partial charge on any atom is 0.0705 e. The normalized spacial score (nSPS) is 12.5. The van der Waals surface area contributed by atoms with Gasteiger partial charge >= 0.3 is 0 Å². The number of fused-ring (bicyclic) bond motifs is 1. The van der Waals surface area contributed by atoms with Gasteiger partial charge in [0.25, 0.3) is 0 Å². The average Bonchev–Trinajstić information content (AvgIpc) is 2.52. The summed E-state index contributed by atoms with van der Waals surface area (Å²) in [4.78, 5) is 4.41. The van der Waals surface area contributed by atoms with Gasteiger partial charge in [0.15, 0.2) is 0 Å². The molecule has 3 aromatic rings. The third-order valence-corrected chi connectivity index (χ3v) is 3.88. The molecule has 2 aromatic carbocycles. The number of aryl methyl sites for hydroxylation is 1. The first-order valence-corrected chi connectivity index (χ1v) is 7.36. The van der Waals surface area contributed by atoms with Gasteiger partial charge in [-0.2, -0.15) is 0 Å². The van der Waals surface area contributed by atoms with E-state index in [9.17, 15) is 0 Å². The maximum absolute atomic E-state index is 4.41. The van der Waals surface area contributed by atoms with Crippen LogP contribution >= 0.6 is 0 Å². The van der Waals surface area contributed by atoms with E-state index in [0.717, 1.165) is 12.1 Å². The van der Waals surface area contributed by atoms with Crippen LogP contribution in [0.2, 0.25) is 0 Å². The third kappa shape index (κ3) is 3.11. The zero-order valence-corrected chi connectivity index (χ0v) is 12.5. The minimum absolute atomic E-state index is 0.330. The molecule has 0 radical (unpaired) electrons. The van der Waals surface area contributed by atoms with Crippen LogP contribution in [0.1, 0.15) is 29.7 Å². The highest BCUT2D eigenvalue weighted by Gasteiger charge is 2.06. The lowest BCUT2D eigenvalue weighted by atomic mass is 10.0. The lowest BCUT2D eigenvalue weighted by Gasteiger charge is -2.15. The Bertz CT molecular complexity index is 744. The number of nitrogens with one attached hydrogen (secondary N) is 1. The molecule has 0 saturated carbocycles. The van der Waals surface area contributed by atoms with Crippen molar-refractivity contribution in [2.75, 3.05) is 0 Å². The summed E-state index contributed by atoms with van der Waals surface area (Å²) in [6.07, 6.45) is 1.89. The molecule has 1 heterocycles. The monoisotopic (exact) mass is 276 g/mol. The molecule has 0 aliphatic heterocycles. The van der Waals surface area contributed by atoms with Gasteiger partial charge in [-0.05, 0) is 37.1 Å². The highest BCUT2D eigenvalue weighted by Crippen LogP contribution is 2.18.